The number of anilines is 1. The van der Waals surface area contributed by atoms with E-state index in [1.807, 2.05) is 61.5 Å². The summed E-state index contributed by atoms with van der Waals surface area (Å²) in [6, 6.07) is 19.7. The smallest absolute Gasteiger partial charge is 0.241 e. The SMILES string of the molecule is COc1cc(C)nc(OC)c1NC(=O)CC1=C(c2ccccc2)c2ccccc2OC1. The number of nitrogens with one attached hydrogen (secondary N) is 1. The molecule has 0 aliphatic carbocycles. The maximum atomic E-state index is 13.1. The van der Waals surface area contributed by atoms with Gasteiger partial charge in [0, 0.05) is 17.3 Å². The molecule has 2 heterocycles. The first kappa shape index (κ1) is 20.5. The van der Waals surface area contributed by atoms with Crippen LogP contribution in [0.25, 0.3) is 5.57 Å². The van der Waals surface area contributed by atoms with Gasteiger partial charge in [0.15, 0.2) is 0 Å². The highest BCUT2D eigenvalue weighted by Gasteiger charge is 2.24. The summed E-state index contributed by atoms with van der Waals surface area (Å²) in [5, 5.41) is 2.91. The number of rotatable bonds is 6. The molecule has 0 spiro atoms. The van der Waals surface area contributed by atoms with Crippen molar-refractivity contribution in [1.82, 2.24) is 4.98 Å². The molecule has 31 heavy (non-hydrogen) atoms. The second-order valence-electron chi connectivity index (χ2n) is 7.20. The third kappa shape index (κ3) is 4.23. The van der Waals surface area contributed by atoms with E-state index in [0.29, 0.717) is 23.9 Å². The van der Waals surface area contributed by atoms with Crippen LogP contribution in [-0.4, -0.2) is 31.7 Å². The van der Waals surface area contributed by atoms with Gasteiger partial charge in [-0.15, -0.1) is 0 Å². The first-order chi connectivity index (χ1) is 15.1. The van der Waals surface area contributed by atoms with E-state index in [-0.39, 0.29) is 12.3 Å². The number of methoxy groups -OCH3 is 2. The van der Waals surface area contributed by atoms with Crippen LogP contribution in [0.5, 0.6) is 17.4 Å². The van der Waals surface area contributed by atoms with Gasteiger partial charge < -0.3 is 19.5 Å². The lowest BCUT2D eigenvalue weighted by atomic mass is 9.89. The van der Waals surface area contributed by atoms with E-state index < -0.39 is 0 Å². The Bertz CT molecular complexity index is 1110. The van der Waals surface area contributed by atoms with Gasteiger partial charge in [-0.1, -0.05) is 48.5 Å². The molecule has 1 aliphatic rings. The molecule has 158 valence electrons. The number of pyridine rings is 1. The van der Waals surface area contributed by atoms with Gasteiger partial charge in [-0.25, -0.2) is 4.98 Å². The summed E-state index contributed by atoms with van der Waals surface area (Å²) in [4.78, 5) is 17.4. The van der Waals surface area contributed by atoms with Crippen LogP contribution in [0.1, 0.15) is 23.2 Å². The molecular weight excluding hydrogens is 392 g/mol. The van der Waals surface area contributed by atoms with E-state index >= 15 is 0 Å². The number of aryl methyl sites for hydroxylation is 1. The summed E-state index contributed by atoms with van der Waals surface area (Å²) in [5.74, 6) is 1.43. The van der Waals surface area contributed by atoms with Gasteiger partial charge in [0.1, 0.15) is 23.8 Å². The third-order valence-electron chi connectivity index (χ3n) is 5.10. The zero-order chi connectivity index (χ0) is 21.8. The van der Waals surface area contributed by atoms with Crippen molar-refractivity contribution in [2.45, 2.75) is 13.3 Å². The van der Waals surface area contributed by atoms with Crippen LogP contribution in [0.3, 0.4) is 0 Å². The maximum absolute atomic E-state index is 13.1. The molecule has 1 amide bonds. The Morgan fingerprint density at radius 2 is 1.81 bits per heavy atom. The molecule has 0 saturated heterocycles. The van der Waals surface area contributed by atoms with Crippen molar-refractivity contribution < 1.29 is 19.0 Å². The molecule has 1 aliphatic heterocycles. The van der Waals surface area contributed by atoms with Crippen LogP contribution < -0.4 is 19.5 Å². The summed E-state index contributed by atoms with van der Waals surface area (Å²) < 4.78 is 16.7. The van der Waals surface area contributed by atoms with Crippen LogP contribution >= 0.6 is 0 Å². The standard InChI is InChI=1S/C25H24N2O4/c1-16-13-21(29-2)24(25(26-16)30-3)27-22(28)14-18-15-31-20-12-8-7-11-19(20)23(18)17-9-5-4-6-10-17/h4-13H,14-15H2,1-3H3,(H,27,28). The second kappa shape index (κ2) is 8.92. The van der Waals surface area contributed by atoms with Gasteiger partial charge >= 0.3 is 0 Å². The van der Waals surface area contributed by atoms with Gasteiger partial charge in [-0.05, 0) is 29.7 Å². The highest BCUT2D eigenvalue weighted by molar-refractivity contribution is 5.98. The van der Waals surface area contributed by atoms with E-state index in [0.717, 1.165) is 33.7 Å². The number of carbonyl (C=O) groups is 1. The highest BCUT2D eigenvalue weighted by Crippen LogP contribution is 2.39. The zero-order valence-electron chi connectivity index (χ0n) is 17.8. The summed E-state index contributed by atoms with van der Waals surface area (Å²) in [6.45, 7) is 2.18. The van der Waals surface area contributed by atoms with Crippen molar-refractivity contribution in [3.05, 3.63) is 83.1 Å². The highest BCUT2D eigenvalue weighted by atomic mass is 16.5. The molecule has 4 rings (SSSR count). The van der Waals surface area contributed by atoms with E-state index in [4.69, 9.17) is 14.2 Å². The Morgan fingerprint density at radius 1 is 1.06 bits per heavy atom. The van der Waals surface area contributed by atoms with Crippen molar-refractivity contribution >= 4 is 17.2 Å². The maximum Gasteiger partial charge on any atom is 0.241 e. The van der Waals surface area contributed by atoms with Gasteiger partial charge in [0.25, 0.3) is 0 Å². The molecule has 6 nitrogen and oxygen atoms in total. The largest absolute Gasteiger partial charge is 0.494 e. The predicted molar refractivity (Wildman–Crippen MR) is 120 cm³/mol. The monoisotopic (exact) mass is 416 g/mol. The minimum atomic E-state index is -0.200. The minimum Gasteiger partial charge on any atom is -0.494 e. The lowest BCUT2D eigenvalue weighted by molar-refractivity contribution is -0.115. The molecular formula is C25H24N2O4. The van der Waals surface area contributed by atoms with Gasteiger partial charge in [0.2, 0.25) is 11.8 Å². The summed E-state index contributed by atoms with van der Waals surface area (Å²) in [6.07, 6.45) is 0.165. The first-order valence-electron chi connectivity index (χ1n) is 9.99. The van der Waals surface area contributed by atoms with E-state index in [1.54, 1.807) is 13.2 Å². The second-order valence-corrected chi connectivity index (χ2v) is 7.20. The molecule has 0 unspecified atom stereocenters. The van der Waals surface area contributed by atoms with Crippen LogP contribution in [0.2, 0.25) is 0 Å². The number of hydrogen-bond acceptors (Lipinski definition) is 5. The molecule has 0 saturated carbocycles. The number of amides is 1. The number of carbonyl (C=O) groups excluding carboxylic acids is 1. The topological polar surface area (TPSA) is 69.7 Å². The number of para-hydroxylation sites is 1. The van der Waals surface area contributed by atoms with Crippen LogP contribution in [0.15, 0.2) is 66.2 Å². The van der Waals surface area contributed by atoms with Crippen LogP contribution in [0.4, 0.5) is 5.69 Å². The summed E-state index contributed by atoms with van der Waals surface area (Å²) in [5.41, 5.74) is 5.11. The molecule has 6 heteroatoms. The van der Waals surface area contributed by atoms with Crippen molar-refractivity contribution in [3.8, 4) is 17.4 Å². The fraction of sp³-hybridized carbons (Fsp3) is 0.200. The molecule has 1 N–H and O–H groups in total. The quantitative estimate of drug-likeness (QED) is 0.634. The van der Waals surface area contributed by atoms with Gasteiger partial charge in [-0.3, -0.25) is 4.79 Å². The van der Waals surface area contributed by atoms with Crippen LogP contribution in [-0.2, 0) is 4.79 Å². The number of fused-ring (bicyclic) bond motifs is 1. The molecule has 2 aromatic carbocycles. The van der Waals surface area contributed by atoms with Crippen molar-refractivity contribution in [2.75, 3.05) is 26.1 Å². The number of ether oxygens (including phenoxy) is 3. The molecule has 0 atom stereocenters. The summed E-state index contributed by atoms with van der Waals surface area (Å²) in [7, 11) is 3.06. The Hall–Kier alpha value is -3.80. The van der Waals surface area contributed by atoms with Gasteiger partial charge in [-0.2, -0.15) is 0 Å². The van der Waals surface area contributed by atoms with E-state index in [2.05, 4.69) is 10.3 Å². The Labute approximate surface area is 181 Å². The van der Waals surface area contributed by atoms with Crippen LogP contribution in [0, 0.1) is 6.92 Å². The Kier molecular flexibility index (Phi) is 5.89. The fourth-order valence-electron chi connectivity index (χ4n) is 3.75. The number of benzene rings is 2. The Balaban J connectivity index is 1.69. The van der Waals surface area contributed by atoms with E-state index in [9.17, 15) is 4.79 Å². The lowest BCUT2D eigenvalue weighted by Crippen LogP contribution is -2.20. The zero-order valence-corrected chi connectivity index (χ0v) is 17.8. The molecule has 0 bridgehead atoms. The van der Waals surface area contributed by atoms with Crippen molar-refractivity contribution in [3.63, 3.8) is 0 Å². The number of hydrogen-bond donors (Lipinski definition) is 1. The number of nitrogens with zero attached hydrogens (tertiary/aromatic N) is 1. The van der Waals surface area contributed by atoms with E-state index in [1.165, 1.54) is 7.11 Å². The average molecular weight is 416 g/mol. The molecule has 0 radical (unpaired) electrons. The predicted octanol–water partition coefficient (Wildman–Crippen LogP) is 4.63. The summed E-state index contributed by atoms with van der Waals surface area (Å²) >= 11 is 0. The Morgan fingerprint density at radius 3 is 2.55 bits per heavy atom. The first-order valence-corrected chi connectivity index (χ1v) is 9.99. The third-order valence-corrected chi connectivity index (χ3v) is 5.10. The molecule has 0 fully saturated rings. The molecule has 3 aromatic rings. The van der Waals surface area contributed by atoms with Gasteiger partial charge in [0.05, 0.1) is 20.6 Å². The number of aromatic nitrogens is 1. The normalized spacial score (nSPS) is 12.6. The lowest BCUT2D eigenvalue weighted by Gasteiger charge is -2.24. The average Bonchev–Trinajstić information content (AvgIpc) is 2.80. The van der Waals surface area contributed by atoms with Crippen molar-refractivity contribution in [2.24, 2.45) is 0 Å². The fourth-order valence-corrected chi connectivity index (χ4v) is 3.75. The molecule has 1 aromatic heterocycles. The minimum absolute atomic E-state index is 0.165. The van der Waals surface area contributed by atoms with Crippen molar-refractivity contribution in [1.29, 1.82) is 0 Å².